The molecule has 0 radical (unpaired) electrons. The van der Waals surface area contributed by atoms with Crippen molar-refractivity contribution in [2.75, 3.05) is 13.6 Å². The Morgan fingerprint density at radius 2 is 1.95 bits per heavy atom. The van der Waals surface area contributed by atoms with Gasteiger partial charge in [0.2, 0.25) is 0 Å². The van der Waals surface area contributed by atoms with Gasteiger partial charge in [-0.3, -0.25) is 9.59 Å². The maximum Gasteiger partial charge on any atom is 0.416 e. The summed E-state index contributed by atoms with van der Waals surface area (Å²) in [5.74, 6) is -1.55. The molecule has 1 aromatic carbocycles. The van der Waals surface area contributed by atoms with Crippen LogP contribution in [0.4, 0.5) is 13.2 Å². The number of carbonyl (C=O) groups is 2. The maximum atomic E-state index is 12.5. The molecule has 1 aromatic rings. The number of hydrogen-bond acceptors (Lipinski definition) is 2. The Morgan fingerprint density at radius 3 is 2.50 bits per heavy atom. The lowest BCUT2D eigenvalue weighted by atomic mass is 10.1. The summed E-state index contributed by atoms with van der Waals surface area (Å²) in [6.07, 6.45) is -4.35. The van der Waals surface area contributed by atoms with Crippen molar-refractivity contribution >= 4 is 11.9 Å². The molecule has 1 N–H and O–H groups in total. The van der Waals surface area contributed by atoms with Gasteiger partial charge in [0.15, 0.2) is 0 Å². The van der Waals surface area contributed by atoms with E-state index in [0.717, 1.165) is 12.1 Å². The molecule has 0 spiro atoms. The third-order valence-electron chi connectivity index (χ3n) is 2.67. The second-order valence-electron chi connectivity index (χ2n) is 4.30. The average molecular weight is 289 g/mol. The molecule has 0 fully saturated rings. The summed E-state index contributed by atoms with van der Waals surface area (Å²) < 4.78 is 37.6. The largest absolute Gasteiger partial charge is 0.481 e. The van der Waals surface area contributed by atoms with Crippen molar-refractivity contribution < 1.29 is 27.9 Å². The van der Waals surface area contributed by atoms with Crippen LogP contribution in [-0.2, 0) is 11.0 Å². The standard InChI is InChI=1S/C13H14F3NO3/c1-17(7-3-6-11(18)19)12(20)9-4-2-5-10(8-9)13(14,15)16/h2,4-5,8H,3,6-7H2,1H3,(H,18,19). The number of carboxylic acids is 1. The van der Waals surface area contributed by atoms with Gasteiger partial charge in [0.25, 0.3) is 5.91 Å². The Bertz CT molecular complexity index is 500. The molecule has 1 rings (SSSR count). The molecule has 0 bridgehead atoms. The molecule has 0 unspecified atom stereocenters. The number of benzene rings is 1. The fourth-order valence-electron chi connectivity index (χ4n) is 1.62. The fraction of sp³-hybridized carbons (Fsp3) is 0.385. The summed E-state index contributed by atoms with van der Waals surface area (Å²) in [4.78, 5) is 23.5. The van der Waals surface area contributed by atoms with Crippen LogP contribution in [0.25, 0.3) is 0 Å². The molecule has 0 aliphatic rings. The van der Waals surface area contributed by atoms with E-state index in [2.05, 4.69) is 0 Å². The van der Waals surface area contributed by atoms with Crippen LogP contribution in [0.3, 0.4) is 0 Å². The highest BCUT2D eigenvalue weighted by Crippen LogP contribution is 2.29. The third-order valence-corrected chi connectivity index (χ3v) is 2.67. The third kappa shape index (κ3) is 4.56. The lowest BCUT2D eigenvalue weighted by molar-refractivity contribution is -0.138. The molecule has 110 valence electrons. The lowest BCUT2D eigenvalue weighted by Crippen LogP contribution is -2.28. The predicted molar refractivity (Wildman–Crippen MR) is 65.3 cm³/mol. The van der Waals surface area contributed by atoms with Crippen LogP contribution in [-0.4, -0.2) is 35.5 Å². The van der Waals surface area contributed by atoms with E-state index in [1.54, 1.807) is 0 Å². The molecule has 0 atom stereocenters. The number of carboxylic acid groups (broad SMARTS) is 1. The number of alkyl halides is 3. The lowest BCUT2D eigenvalue weighted by Gasteiger charge is -2.17. The zero-order valence-electron chi connectivity index (χ0n) is 10.8. The normalized spacial score (nSPS) is 11.2. The highest BCUT2D eigenvalue weighted by molar-refractivity contribution is 5.94. The Labute approximate surface area is 113 Å². The summed E-state index contributed by atoms with van der Waals surface area (Å²) in [6, 6.07) is 4.14. The first-order valence-corrected chi connectivity index (χ1v) is 5.86. The van der Waals surface area contributed by atoms with Crippen LogP contribution >= 0.6 is 0 Å². The second-order valence-corrected chi connectivity index (χ2v) is 4.30. The zero-order chi connectivity index (χ0) is 15.3. The molecule has 20 heavy (non-hydrogen) atoms. The predicted octanol–water partition coefficient (Wildman–Crippen LogP) is 2.64. The van der Waals surface area contributed by atoms with Gasteiger partial charge in [0.05, 0.1) is 5.56 Å². The second kappa shape index (κ2) is 6.40. The van der Waals surface area contributed by atoms with E-state index in [0.29, 0.717) is 0 Å². The van der Waals surface area contributed by atoms with Crippen LogP contribution in [0.1, 0.15) is 28.8 Å². The van der Waals surface area contributed by atoms with Gasteiger partial charge in [-0.15, -0.1) is 0 Å². The summed E-state index contributed by atoms with van der Waals surface area (Å²) >= 11 is 0. The molecule has 0 aromatic heterocycles. The van der Waals surface area contributed by atoms with Crippen LogP contribution in [0.15, 0.2) is 24.3 Å². The first kappa shape index (κ1) is 16.0. The number of hydrogen-bond donors (Lipinski definition) is 1. The number of aliphatic carboxylic acids is 1. The van der Waals surface area contributed by atoms with Gasteiger partial charge >= 0.3 is 12.1 Å². The molecule has 0 saturated heterocycles. The van der Waals surface area contributed by atoms with E-state index >= 15 is 0 Å². The van der Waals surface area contributed by atoms with Crippen molar-refractivity contribution in [3.05, 3.63) is 35.4 Å². The summed E-state index contributed by atoms with van der Waals surface area (Å²) in [7, 11) is 1.42. The van der Waals surface area contributed by atoms with Gasteiger partial charge in [-0.2, -0.15) is 13.2 Å². The van der Waals surface area contributed by atoms with E-state index in [4.69, 9.17) is 5.11 Å². The first-order chi connectivity index (χ1) is 9.21. The van der Waals surface area contributed by atoms with Crippen molar-refractivity contribution in [1.29, 1.82) is 0 Å². The Morgan fingerprint density at radius 1 is 1.30 bits per heavy atom. The van der Waals surface area contributed by atoms with Crippen molar-refractivity contribution in [2.45, 2.75) is 19.0 Å². The number of amides is 1. The SMILES string of the molecule is CN(CCCC(=O)O)C(=O)c1cccc(C(F)(F)F)c1. The van der Waals surface area contributed by atoms with Crippen molar-refractivity contribution in [1.82, 2.24) is 4.90 Å². The molecule has 0 saturated carbocycles. The van der Waals surface area contributed by atoms with E-state index < -0.39 is 23.6 Å². The minimum atomic E-state index is -4.50. The Hall–Kier alpha value is -2.05. The smallest absolute Gasteiger partial charge is 0.416 e. The monoisotopic (exact) mass is 289 g/mol. The Kier molecular flexibility index (Phi) is 5.12. The number of nitrogens with zero attached hydrogens (tertiary/aromatic N) is 1. The topological polar surface area (TPSA) is 57.6 Å². The molecule has 1 amide bonds. The van der Waals surface area contributed by atoms with Gasteiger partial charge in [-0.1, -0.05) is 6.07 Å². The molecule has 0 heterocycles. The van der Waals surface area contributed by atoms with Crippen molar-refractivity contribution in [3.8, 4) is 0 Å². The van der Waals surface area contributed by atoms with Gasteiger partial charge in [0, 0.05) is 25.6 Å². The van der Waals surface area contributed by atoms with Crippen molar-refractivity contribution in [3.63, 3.8) is 0 Å². The number of halogens is 3. The highest BCUT2D eigenvalue weighted by atomic mass is 19.4. The molecule has 0 aliphatic carbocycles. The van der Waals surface area contributed by atoms with E-state index in [9.17, 15) is 22.8 Å². The average Bonchev–Trinajstić information content (AvgIpc) is 2.36. The van der Waals surface area contributed by atoms with Gasteiger partial charge in [-0.25, -0.2) is 0 Å². The minimum absolute atomic E-state index is 0.0716. The fourth-order valence-corrected chi connectivity index (χ4v) is 1.62. The molecule has 7 heteroatoms. The Balaban J connectivity index is 2.74. The molecule has 0 aliphatic heterocycles. The maximum absolute atomic E-state index is 12.5. The van der Waals surface area contributed by atoms with Gasteiger partial charge < -0.3 is 10.0 Å². The van der Waals surface area contributed by atoms with Crippen LogP contribution < -0.4 is 0 Å². The van der Waals surface area contributed by atoms with Crippen LogP contribution in [0, 0.1) is 0 Å². The minimum Gasteiger partial charge on any atom is -0.481 e. The molecule has 4 nitrogen and oxygen atoms in total. The highest BCUT2D eigenvalue weighted by Gasteiger charge is 2.31. The summed E-state index contributed by atoms with van der Waals surface area (Å²) in [5, 5.41) is 8.48. The quantitative estimate of drug-likeness (QED) is 0.906. The summed E-state index contributed by atoms with van der Waals surface area (Å²) in [6.45, 7) is 0.168. The zero-order valence-corrected chi connectivity index (χ0v) is 10.8. The first-order valence-electron chi connectivity index (χ1n) is 5.86. The van der Waals surface area contributed by atoms with E-state index in [1.807, 2.05) is 0 Å². The molecular weight excluding hydrogens is 275 g/mol. The van der Waals surface area contributed by atoms with Crippen LogP contribution in [0.2, 0.25) is 0 Å². The number of rotatable bonds is 5. The summed E-state index contributed by atoms with van der Waals surface area (Å²) in [5.41, 5.74) is -0.958. The molecular formula is C13H14F3NO3. The van der Waals surface area contributed by atoms with Gasteiger partial charge in [0.1, 0.15) is 0 Å². The van der Waals surface area contributed by atoms with Crippen LogP contribution in [0.5, 0.6) is 0 Å². The van der Waals surface area contributed by atoms with Crippen molar-refractivity contribution in [2.24, 2.45) is 0 Å². The van der Waals surface area contributed by atoms with E-state index in [1.165, 1.54) is 24.1 Å². The van der Waals surface area contributed by atoms with E-state index in [-0.39, 0.29) is 24.9 Å². The number of carbonyl (C=O) groups excluding carboxylic acids is 1. The van der Waals surface area contributed by atoms with Gasteiger partial charge in [-0.05, 0) is 24.6 Å².